The summed E-state index contributed by atoms with van der Waals surface area (Å²) in [4.78, 5) is 14.6. The first-order valence-electron chi connectivity index (χ1n) is 7.96. The lowest BCUT2D eigenvalue weighted by Gasteiger charge is -2.38. The van der Waals surface area contributed by atoms with Gasteiger partial charge in [0.25, 0.3) is 0 Å². The number of nitrogens with zero attached hydrogens (tertiary/aromatic N) is 1. The number of rotatable bonds is 2. The molecule has 0 aromatic heterocycles. The van der Waals surface area contributed by atoms with Crippen molar-refractivity contribution in [2.24, 2.45) is 5.92 Å². The molecule has 0 saturated carbocycles. The minimum atomic E-state index is 0.153. The Bertz CT molecular complexity index is 287. The summed E-state index contributed by atoms with van der Waals surface area (Å²) in [5, 5.41) is 6.51. The number of carbonyl (C=O) groups is 1. The Morgan fingerprint density at radius 2 is 1.89 bits per heavy atom. The van der Waals surface area contributed by atoms with Gasteiger partial charge in [-0.2, -0.15) is 0 Å². The van der Waals surface area contributed by atoms with Crippen LogP contribution in [0.3, 0.4) is 0 Å². The number of piperidine rings is 1. The Morgan fingerprint density at radius 1 is 1.16 bits per heavy atom. The fraction of sp³-hybridized carbons (Fsp3) is 0.933. The molecule has 1 atom stereocenters. The van der Waals surface area contributed by atoms with Crippen LogP contribution in [0.4, 0.5) is 4.79 Å². The van der Waals surface area contributed by atoms with Crippen LogP contribution in [0.1, 0.15) is 52.4 Å². The summed E-state index contributed by atoms with van der Waals surface area (Å²) in [5.41, 5.74) is 0. The number of hydrogen-bond donors (Lipinski definition) is 2. The number of hydrogen-bond acceptors (Lipinski definition) is 2. The fourth-order valence-electron chi connectivity index (χ4n) is 3.44. The highest BCUT2D eigenvalue weighted by molar-refractivity contribution is 5.74. The molecule has 2 rings (SSSR count). The van der Waals surface area contributed by atoms with Crippen molar-refractivity contribution >= 4 is 6.03 Å². The zero-order valence-corrected chi connectivity index (χ0v) is 12.5. The van der Waals surface area contributed by atoms with Crippen molar-refractivity contribution in [3.8, 4) is 0 Å². The quantitative estimate of drug-likeness (QED) is 0.806. The van der Waals surface area contributed by atoms with Crippen LogP contribution < -0.4 is 10.6 Å². The second-order valence-corrected chi connectivity index (χ2v) is 6.30. The third kappa shape index (κ3) is 4.10. The number of amides is 2. The van der Waals surface area contributed by atoms with E-state index in [2.05, 4.69) is 15.5 Å². The van der Waals surface area contributed by atoms with Crippen LogP contribution >= 0.6 is 0 Å². The molecule has 19 heavy (non-hydrogen) atoms. The average Bonchev–Trinajstić information content (AvgIpc) is 2.64. The molecule has 0 aliphatic carbocycles. The van der Waals surface area contributed by atoms with Gasteiger partial charge in [0, 0.05) is 18.6 Å². The molecular weight excluding hydrogens is 238 g/mol. The Kier molecular flexibility index (Phi) is 5.49. The molecule has 110 valence electrons. The highest BCUT2D eigenvalue weighted by Gasteiger charge is 2.32. The molecule has 2 amide bonds. The standard InChI is InChI=1S/C15H29N3O/c1-12(2)17-15(19)18-11-5-3-4-6-14(18)13-7-9-16-10-8-13/h12-14,16H,3-11H2,1-2H3,(H,17,19)/t14-/m0/s1. The lowest BCUT2D eigenvalue weighted by Crippen LogP contribution is -2.51. The second kappa shape index (κ2) is 7.13. The SMILES string of the molecule is CC(C)NC(=O)N1CCCCC[C@H]1C1CCNCC1. The van der Waals surface area contributed by atoms with E-state index in [4.69, 9.17) is 0 Å². The summed E-state index contributed by atoms with van der Waals surface area (Å²) in [6, 6.07) is 0.841. The molecule has 2 aliphatic heterocycles. The fourth-order valence-corrected chi connectivity index (χ4v) is 3.44. The van der Waals surface area contributed by atoms with Crippen molar-refractivity contribution in [1.29, 1.82) is 0 Å². The van der Waals surface area contributed by atoms with E-state index in [9.17, 15) is 4.79 Å². The minimum absolute atomic E-state index is 0.153. The number of carbonyl (C=O) groups excluding carboxylic acids is 1. The van der Waals surface area contributed by atoms with Crippen LogP contribution in [0.2, 0.25) is 0 Å². The van der Waals surface area contributed by atoms with Crippen LogP contribution in [0.15, 0.2) is 0 Å². The van der Waals surface area contributed by atoms with E-state index >= 15 is 0 Å². The topological polar surface area (TPSA) is 44.4 Å². The van der Waals surface area contributed by atoms with Crippen molar-refractivity contribution < 1.29 is 4.79 Å². The van der Waals surface area contributed by atoms with Gasteiger partial charge in [0.15, 0.2) is 0 Å². The summed E-state index contributed by atoms with van der Waals surface area (Å²) in [7, 11) is 0. The normalized spacial score (nSPS) is 26.3. The average molecular weight is 267 g/mol. The van der Waals surface area contributed by atoms with Gasteiger partial charge in [-0.15, -0.1) is 0 Å². The lowest BCUT2D eigenvalue weighted by atomic mass is 9.87. The Labute approximate surface area is 117 Å². The largest absolute Gasteiger partial charge is 0.336 e. The van der Waals surface area contributed by atoms with Crippen molar-refractivity contribution in [2.75, 3.05) is 19.6 Å². The molecule has 0 spiro atoms. The lowest BCUT2D eigenvalue weighted by molar-refractivity contribution is 0.132. The minimum Gasteiger partial charge on any atom is -0.336 e. The van der Waals surface area contributed by atoms with Gasteiger partial charge in [-0.25, -0.2) is 4.79 Å². The van der Waals surface area contributed by atoms with Gasteiger partial charge in [0.1, 0.15) is 0 Å². The summed E-state index contributed by atoms with van der Waals surface area (Å²) >= 11 is 0. The molecule has 2 N–H and O–H groups in total. The molecule has 4 heteroatoms. The van der Waals surface area contributed by atoms with Crippen molar-refractivity contribution in [2.45, 2.75) is 64.5 Å². The summed E-state index contributed by atoms with van der Waals surface area (Å²) in [6.07, 6.45) is 7.34. The maximum absolute atomic E-state index is 12.4. The third-order valence-electron chi connectivity index (χ3n) is 4.40. The van der Waals surface area contributed by atoms with E-state index < -0.39 is 0 Å². The zero-order valence-electron chi connectivity index (χ0n) is 12.5. The number of urea groups is 1. The molecule has 0 radical (unpaired) electrons. The van der Waals surface area contributed by atoms with Gasteiger partial charge in [-0.05, 0) is 58.5 Å². The monoisotopic (exact) mass is 267 g/mol. The van der Waals surface area contributed by atoms with E-state index in [1.54, 1.807) is 0 Å². The van der Waals surface area contributed by atoms with Gasteiger partial charge in [-0.3, -0.25) is 0 Å². The van der Waals surface area contributed by atoms with Crippen molar-refractivity contribution in [3.05, 3.63) is 0 Å². The van der Waals surface area contributed by atoms with Gasteiger partial charge in [0.2, 0.25) is 0 Å². The van der Waals surface area contributed by atoms with E-state index in [-0.39, 0.29) is 12.1 Å². The first-order chi connectivity index (χ1) is 9.18. The van der Waals surface area contributed by atoms with E-state index in [0.29, 0.717) is 12.0 Å². The predicted molar refractivity (Wildman–Crippen MR) is 78.2 cm³/mol. The van der Waals surface area contributed by atoms with Crippen LogP contribution in [0.25, 0.3) is 0 Å². The summed E-state index contributed by atoms with van der Waals surface area (Å²) in [6.45, 7) is 7.24. The van der Waals surface area contributed by atoms with E-state index in [1.807, 2.05) is 13.8 Å². The Hall–Kier alpha value is -0.770. The number of nitrogens with one attached hydrogen (secondary N) is 2. The molecule has 2 aliphatic rings. The molecule has 2 saturated heterocycles. The second-order valence-electron chi connectivity index (χ2n) is 6.30. The number of likely N-dealkylation sites (tertiary alicyclic amines) is 1. The third-order valence-corrected chi connectivity index (χ3v) is 4.40. The molecular formula is C15H29N3O. The van der Waals surface area contributed by atoms with Gasteiger partial charge >= 0.3 is 6.03 Å². The maximum atomic E-state index is 12.4. The Balaban J connectivity index is 2.03. The maximum Gasteiger partial charge on any atom is 0.317 e. The molecule has 0 unspecified atom stereocenters. The van der Waals surface area contributed by atoms with Crippen LogP contribution in [-0.4, -0.2) is 42.6 Å². The molecule has 0 aromatic rings. The summed E-state index contributed by atoms with van der Waals surface area (Å²) < 4.78 is 0. The predicted octanol–water partition coefficient (Wildman–Crippen LogP) is 2.35. The van der Waals surface area contributed by atoms with Crippen LogP contribution in [-0.2, 0) is 0 Å². The van der Waals surface area contributed by atoms with Gasteiger partial charge in [-0.1, -0.05) is 12.8 Å². The highest BCUT2D eigenvalue weighted by Crippen LogP contribution is 2.28. The molecule has 0 bridgehead atoms. The molecule has 2 fully saturated rings. The smallest absolute Gasteiger partial charge is 0.317 e. The van der Waals surface area contributed by atoms with Crippen molar-refractivity contribution in [3.63, 3.8) is 0 Å². The first-order valence-corrected chi connectivity index (χ1v) is 7.96. The van der Waals surface area contributed by atoms with Gasteiger partial charge in [0.05, 0.1) is 0 Å². The molecule has 2 heterocycles. The molecule has 4 nitrogen and oxygen atoms in total. The van der Waals surface area contributed by atoms with Gasteiger partial charge < -0.3 is 15.5 Å². The van der Waals surface area contributed by atoms with Crippen LogP contribution in [0, 0.1) is 5.92 Å². The van der Waals surface area contributed by atoms with E-state index in [1.165, 1.54) is 32.1 Å². The highest BCUT2D eigenvalue weighted by atomic mass is 16.2. The molecule has 0 aromatic carbocycles. The van der Waals surface area contributed by atoms with Crippen LogP contribution in [0.5, 0.6) is 0 Å². The Morgan fingerprint density at radius 3 is 2.58 bits per heavy atom. The van der Waals surface area contributed by atoms with E-state index in [0.717, 1.165) is 26.1 Å². The summed E-state index contributed by atoms with van der Waals surface area (Å²) in [5.74, 6) is 0.692. The zero-order chi connectivity index (χ0) is 13.7. The first kappa shape index (κ1) is 14.6. The van der Waals surface area contributed by atoms with Crippen molar-refractivity contribution in [1.82, 2.24) is 15.5 Å².